The molecule has 0 bridgehead atoms. The van der Waals surface area contributed by atoms with Crippen LogP contribution in [0.15, 0.2) is 58.2 Å². The van der Waals surface area contributed by atoms with Crippen LogP contribution in [0.5, 0.6) is 0 Å². The molecule has 0 aliphatic heterocycles. The van der Waals surface area contributed by atoms with E-state index in [1.165, 1.54) is 24.6 Å². The van der Waals surface area contributed by atoms with Crippen LogP contribution in [0.25, 0.3) is 11.1 Å². The van der Waals surface area contributed by atoms with Crippen molar-refractivity contribution in [3.05, 3.63) is 53.9 Å². The summed E-state index contributed by atoms with van der Waals surface area (Å²) in [5.41, 5.74) is 1.42. The van der Waals surface area contributed by atoms with Gasteiger partial charge >= 0.3 is 0 Å². The fourth-order valence-electron chi connectivity index (χ4n) is 1.77. The van der Waals surface area contributed by atoms with Crippen molar-refractivity contribution in [2.45, 2.75) is 4.90 Å². The van der Waals surface area contributed by atoms with E-state index in [1.807, 2.05) is 0 Å². The van der Waals surface area contributed by atoms with Gasteiger partial charge in [-0.3, -0.25) is 4.72 Å². The number of hydrogen-bond donors (Lipinski definition) is 1. The summed E-state index contributed by atoms with van der Waals surface area (Å²) in [4.78, 5) is 4.04. The highest BCUT2D eigenvalue weighted by molar-refractivity contribution is 7.92. The molecule has 3 rings (SSSR count). The molecule has 1 aromatic heterocycles. The topological polar surface area (TPSA) is 72.2 Å². The number of sulfonamides is 1. The summed E-state index contributed by atoms with van der Waals surface area (Å²) >= 11 is 5.83. The Morgan fingerprint density at radius 3 is 2.80 bits per heavy atom. The number of oxazole rings is 1. The highest BCUT2D eigenvalue weighted by Crippen LogP contribution is 2.22. The van der Waals surface area contributed by atoms with Crippen LogP contribution >= 0.6 is 11.6 Å². The van der Waals surface area contributed by atoms with Gasteiger partial charge in [-0.25, -0.2) is 13.4 Å². The van der Waals surface area contributed by atoms with Gasteiger partial charge in [0.1, 0.15) is 5.52 Å². The largest absolute Gasteiger partial charge is 0.443 e. The summed E-state index contributed by atoms with van der Waals surface area (Å²) in [5.74, 6) is 0. The van der Waals surface area contributed by atoms with Crippen LogP contribution in [-0.4, -0.2) is 13.4 Å². The van der Waals surface area contributed by atoms with Gasteiger partial charge in [-0.2, -0.15) is 0 Å². The number of aromatic nitrogens is 1. The van der Waals surface area contributed by atoms with Crippen molar-refractivity contribution in [2.24, 2.45) is 0 Å². The summed E-state index contributed by atoms with van der Waals surface area (Å²) in [7, 11) is -3.70. The quantitative estimate of drug-likeness (QED) is 0.806. The molecule has 0 saturated carbocycles. The smallest absolute Gasteiger partial charge is 0.262 e. The van der Waals surface area contributed by atoms with Gasteiger partial charge in [-0.1, -0.05) is 17.7 Å². The third-order valence-corrected chi connectivity index (χ3v) is 4.30. The van der Waals surface area contributed by atoms with E-state index in [9.17, 15) is 8.42 Å². The minimum absolute atomic E-state index is 0.0988. The van der Waals surface area contributed by atoms with Crippen LogP contribution in [-0.2, 0) is 10.0 Å². The van der Waals surface area contributed by atoms with E-state index in [1.54, 1.807) is 24.3 Å². The minimum atomic E-state index is -3.70. The standard InChI is InChI=1S/C13H9ClN2O3S/c14-9-2-1-3-10(6-9)16-20(17,18)11-4-5-12-13(7-11)19-8-15-12/h1-8,16H. The second kappa shape index (κ2) is 4.81. The normalized spacial score (nSPS) is 11.7. The van der Waals surface area contributed by atoms with Gasteiger partial charge in [-0.15, -0.1) is 0 Å². The van der Waals surface area contributed by atoms with Crippen LogP contribution in [0.2, 0.25) is 5.02 Å². The fraction of sp³-hybridized carbons (Fsp3) is 0. The average Bonchev–Trinajstić information content (AvgIpc) is 2.85. The van der Waals surface area contributed by atoms with E-state index in [2.05, 4.69) is 9.71 Å². The number of fused-ring (bicyclic) bond motifs is 1. The van der Waals surface area contributed by atoms with Crippen molar-refractivity contribution < 1.29 is 12.8 Å². The van der Waals surface area contributed by atoms with Crippen molar-refractivity contribution >= 4 is 38.4 Å². The number of anilines is 1. The molecule has 102 valence electrons. The van der Waals surface area contributed by atoms with Gasteiger partial charge < -0.3 is 4.42 Å². The molecule has 0 saturated heterocycles. The first kappa shape index (κ1) is 13.0. The van der Waals surface area contributed by atoms with E-state index in [-0.39, 0.29) is 4.90 Å². The first-order chi connectivity index (χ1) is 9.54. The Morgan fingerprint density at radius 1 is 1.15 bits per heavy atom. The average molecular weight is 309 g/mol. The first-order valence-electron chi connectivity index (χ1n) is 5.66. The molecule has 0 spiro atoms. The predicted octanol–water partition coefficient (Wildman–Crippen LogP) is 3.28. The van der Waals surface area contributed by atoms with Crippen LogP contribution in [0, 0.1) is 0 Å². The van der Waals surface area contributed by atoms with Gasteiger partial charge in [0.05, 0.1) is 10.6 Å². The number of benzene rings is 2. The molecule has 5 nitrogen and oxygen atoms in total. The zero-order chi connectivity index (χ0) is 14.2. The Labute approximate surface area is 120 Å². The number of rotatable bonds is 3. The molecule has 0 amide bonds. The third kappa shape index (κ3) is 2.48. The van der Waals surface area contributed by atoms with E-state index in [4.69, 9.17) is 16.0 Å². The first-order valence-corrected chi connectivity index (χ1v) is 7.52. The van der Waals surface area contributed by atoms with Crippen molar-refractivity contribution in [3.63, 3.8) is 0 Å². The van der Waals surface area contributed by atoms with Crippen LogP contribution in [0.1, 0.15) is 0 Å². The number of nitrogens with one attached hydrogen (secondary N) is 1. The van der Waals surface area contributed by atoms with Crippen molar-refractivity contribution in [1.82, 2.24) is 4.98 Å². The maximum absolute atomic E-state index is 12.3. The van der Waals surface area contributed by atoms with Crippen molar-refractivity contribution in [3.8, 4) is 0 Å². The third-order valence-electron chi connectivity index (χ3n) is 2.69. The predicted molar refractivity (Wildman–Crippen MR) is 76.3 cm³/mol. The lowest BCUT2D eigenvalue weighted by molar-refractivity contribution is 0.594. The molecule has 3 aromatic rings. The van der Waals surface area contributed by atoms with Gasteiger partial charge in [-0.05, 0) is 30.3 Å². The molecule has 2 aromatic carbocycles. The minimum Gasteiger partial charge on any atom is -0.443 e. The van der Waals surface area contributed by atoms with Gasteiger partial charge in [0.2, 0.25) is 0 Å². The molecule has 0 aliphatic rings. The van der Waals surface area contributed by atoms with Crippen molar-refractivity contribution in [2.75, 3.05) is 4.72 Å². The number of halogens is 1. The molecule has 0 radical (unpaired) electrons. The van der Waals surface area contributed by atoms with Gasteiger partial charge in [0.15, 0.2) is 12.0 Å². The highest BCUT2D eigenvalue weighted by Gasteiger charge is 2.15. The van der Waals surface area contributed by atoms with E-state index in [0.717, 1.165) is 0 Å². The number of nitrogens with zero attached hydrogens (tertiary/aromatic N) is 1. The Morgan fingerprint density at radius 2 is 2.00 bits per heavy atom. The van der Waals surface area contributed by atoms with Crippen LogP contribution in [0.3, 0.4) is 0 Å². The number of hydrogen-bond acceptors (Lipinski definition) is 4. The lowest BCUT2D eigenvalue weighted by atomic mass is 10.3. The zero-order valence-corrected chi connectivity index (χ0v) is 11.6. The second-order valence-electron chi connectivity index (χ2n) is 4.10. The molecular formula is C13H9ClN2O3S. The van der Waals surface area contributed by atoms with E-state index >= 15 is 0 Å². The Hall–Kier alpha value is -2.05. The summed E-state index contributed by atoms with van der Waals surface area (Å²) in [5, 5.41) is 0.455. The zero-order valence-electron chi connectivity index (χ0n) is 10.1. The van der Waals surface area contributed by atoms with Gasteiger partial charge in [0, 0.05) is 11.1 Å². The Balaban J connectivity index is 1.98. The highest BCUT2D eigenvalue weighted by atomic mass is 35.5. The molecule has 1 heterocycles. The molecule has 0 aliphatic carbocycles. The Kier molecular flexibility index (Phi) is 3.11. The summed E-state index contributed by atoms with van der Waals surface area (Å²) in [6.07, 6.45) is 1.27. The summed E-state index contributed by atoms with van der Waals surface area (Å²) in [6, 6.07) is 11.0. The SMILES string of the molecule is O=S(=O)(Nc1cccc(Cl)c1)c1ccc2ncoc2c1. The van der Waals surface area contributed by atoms with Crippen LogP contribution in [0.4, 0.5) is 5.69 Å². The molecular weight excluding hydrogens is 300 g/mol. The lowest BCUT2D eigenvalue weighted by Gasteiger charge is -2.08. The molecule has 1 N–H and O–H groups in total. The maximum atomic E-state index is 12.3. The molecule has 20 heavy (non-hydrogen) atoms. The monoisotopic (exact) mass is 308 g/mol. The lowest BCUT2D eigenvalue weighted by Crippen LogP contribution is -2.12. The molecule has 0 unspecified atom stereocenters. The van der Waals surface area contributed by atoms with Crippen molar-refractivity contribution in [1.29, 1.82) is 0 Å². The molecule has 7 heteroatoms. The van der Waals surface area contributed by atoms with E-state index in [0.29, 0.717) is 21.8 Å². The maximum Gasteiger partial charge on any atom is 0.262 e. The summed E-state index contributed by atoms with van der Waals surface area (Å²) in [6.45, 7) is 0. The molecule has 0 atom stereocenters. The molecule has 0 fully saturated rings. The second-order valence-corrected chi connectivity index (χ2v) is 6.22. The Bertz CT molecular complexity index is 874. The fourth-order valence-corrected chi connectivity index (χ4v) is 3.02. The van der Waals surface area contributed by atoms with Crippen LogP contribution < -0.4 is 4.72 Å². The van der Waals surface area contributed by atoms with Gasteiger partial charge in [0.25, 0.3) is 10.0 Å². The van der Waals surface area contributed by atoms with E-state index < -0.39 is 10.0 Å². The summed E-state index contributed by atoms with van der Waals surface area (Å²) < 4.78 is 32.1.